The molecule has 2 heterocycles. The molecular weight excluding hydrogens is 357 g/mol. The first-order valence-corrected chi connectivity index (χ1v) is 10.5. The SMILES string of the molecule is CC(C)CN1CC(OCc2cccc(F)c2)CN(C2CCN(C)CC2)CC1=O. The third-order valence-corrected chi connectivity index (χ3v) is 5.72. The quantitative estimate of drug-likeness (QED) is 0.747. The molecule has 0 N–H and O–H groups in total. The second-order valence-electron chi connectivity index (χ2n) is 8.72. The van der Waals surface area contributed by atoms with Crippen molar-refractivity contribution in [1.29, 1.82) is 0 Å². The summed E-state index contributed by atoms with van der Waals surface area (Å²) in [5.74, 6) is 0.374. The molecule has 28 heavy (non-hydrogen) atoms. The van der Waals surface area contributed by atoms with E-state index in [-0.39, 0.29) is 17.8 Å². The maximum atomic E-state index is 13.5. The molecule has 3 rings (SSSR count). The third kappa shape index (κ3) is 6.00. The molecule has 1 aromatic rings. The van der Waals surface area contributed by atoms with Crippen LogP contribution in [0.4, 0.5) is 4.39 Å². The monoisotopic (exact) mass is 391 g/mol. The minimum Gasteiger partial charge on any atom is -0.370 e. The lowest BCUT2D eigenvalue weighted by Gasteiger charge is -2.37. The fourth-order valence-electron chi connectivity index (χ4n) is 4.21. The number of nitrogens with zero attached hydrogens (tertiary/aromatic N) is 3. The van der Waals surface area contributed by atoms with Crippen LogP contribution in [0.3, 0.4) is 0 Å². The highest BCUT2D eigenvalue weighted by molar-refractivity contribution is 5.78. The average Bonchev–Trinajstić information content (AvgIpc) is 2.79. The van der Waals surface area contributed by atoms with E-state index in [1.807, 2.05) is 11.0 Å². The van der Waals surface area contributed by atoms with Crippen LogP contribution in [0, 0.1) is 11.7 Å². The van der Waals surface area contributed by atoms with Gasteiger partial charge in [-0.3, -0.25) is 9.69 Å². The molecule has 2 aliphatic rings. The summed E-state index contributed by atoms with van der Waals surface area (Å²) in [4.78, 5) is 19.5. The van der Waals surface area contributed by atoms with Crippen LogP contribution < -0.4 is 0 Å². The number of piperidine rings is 1. The van der Waals surface area contributed by atoms with Gasteiger partial charge in [0.05, 0.1) is 19.3 Å². The minimum atomic E-state index is -0.244. The molecule has 0 radical (unpaired) electrons. The van der Waals surface area contributed by atoms with Crippen molar-refractivity contribution < 1.29 is 13.9 Å². The number of hydrogen-bond donors (Lipinski definition) is 0. The number of hydrogen-bond acceptors (Lipinski definition) is 4. The van der Waals surface area contributed by atoms with E-state index in [4.69, 9.17) is 4.74 Å². The first kappa shape index (κ1) is 21.2. The summed E-state index contributed by atoms with van der Waals surface area (Å²) in [6.45, 7) is 9.36. The smallest absolute Gasteiger partial charge is 0.236 e. The van der Waals surface area contributed by atoms with Gasteiger partial charge in [-0.15, -0.1) is 0 Å². The van der Waals surface area contributed by atoms with E-state index < -0.39 is 0 Å². The second-order valence-corrected chi connectivity index (χ2v) is 8.72. The predicted octanol–water partition coefficient (Wildman–Crippen LogP) is 2.61. The summed E-state index contributed by atoms with van der Waals surface area (Å²) in [6, 6.07) is 6.98. The molecule has 2 saturated heterocycles. The maximum absolute atomic E-state index is 13.5. The van der Waals surface area contributed by atoms with Gasteiger partial charge in [0.25, 0.3) is 0 Å². The summed E-state index contributed by atoms with van der Waals surface area (Å²) in [5, 5.41) is 0. The van der Waals surface area contributed by atoms with Gasteiger partial charge in [0.2, 0.25) is 5.91 Å². The molecule has 2 aliphatic heterocycles. The topological polar surface area (TPSA) is 36.0 Å². The molecule has 0 saturated carbocycles. The van der Waals surface area contributed by atoms with Crippen molar-refractivity contribution in [1.82, 2.24) is 14.7 Å². The molecule has 2 fully saturated rings. The summed E-state index contributed by atoms with van der Waals surface area (Å²) < 4.78 is 19.7. The molecule has 5 nitrogen and oxygen atoms in total. The molecular formula is C22H34FN3O2. The summed E-state index contributed by atoms with van der Waals surface area (Å²) in [5.41, 5.74) is 0.830. The molecule has 1 atom stereocenters. The van der Waals surface area contributed by atoms with Crippen molar-refractivity contribution >= 4 is 5.91 Å². The Bertz CT molecular complexity index is 646. The number of ether oxygens (including phenoxy) is 1. The fourth-order valence-corrected chi connectivity index (χ4v) is 4.21. The van der Waals surface area contributed by atoms with Crippen LogP contribution in [0.1, 0.15) is 32.3 Å². The van der Waals surface area contributed by atoms with Crippen molar-refractivity contribution in [3.63, 3.8) is 0 Å². The average molecular weight is 392 g/mol. The van der Waals surface area contributed by atoms with E-state index in [1.165, 1.54) is 12.1 Å². The van der Waals surface area contributed by atoms with Crippen LogP contribution in [-0.4, -0.2) is 79.1 Å². The van der Waals surface area contributed by atoms with Gasteiger partial charge in [-0.2, -0.15) is 0 Å². The number of rotatable bonds is 6. The van der Waals surface area contributed by atoms with Gasteiger partial charge in [0, 0.05) is 25.7 Å². The zero-order valence-electron chi connectivity index (χ0n) is 17.4. The van der Waals surface area contributed by atoms with Gasteiger partial charge in [0.15, 0.2) is 0 Å². The Labute approximate surface area is 168 Å². The Hall–Kier alpha value is -1.50. The van der Waals surface area contributed by atoms with Crippen LogP contribution in [0.5, 0.6) is 0 Å². The Balaban J connectivity index is 1.68. The van der Waals surface area contributed by atoms with E-state index in [0.29, 0.717) is 31.7 Å². The molecule has 1 aromatic carbocycles. The van der Waals surface area contributed by atoms with E-state index in [2.05, 4.69) is 30.7 Å². The van der Waals surface area contributed by atoms with Crippen molar-refractivity contribution in [3.05, 3.63) is 35.6 Å². The van der Waals surface area contributed by atoms with Crippen molar-refractivity contribution in [3.8, 4) is 0 Å². The van der Waals surface area contributed by atoms with Crippen LogP contribution >= 0.6 is 0 Å². The highest BCUT2D eigenvalue weighted by Gasteiger charge is 2.33. The molecule has 0 spiro atoms. The first-order chi connectivity index (χ1) is 13.4. The van der Waals surface area contributed by atoms with Gasteiger partial charge in [-0.25, -0.2) is 4.39 Å². The van der Waals surface area contributed by atoms with Crippen LogP contribution in [0.25, 0.3) is 0 Å². The Morgan fingerprint density at radius 3 is 2.64 bits per heavy atom. The predicted molar refractivity (Wildman–Crippen MR) is 108 cm³/mol. The van der Waals surface area contributed by atoms with E-state index in [0.717, 1.165) is 44.6 Å². The highest BCUT2D eigenvalue weighted by Crippen LogP contribution is 2.20. The number of carbonyl (C=O) groups is 1. The lowest BCUT2D eigenvalue weighted by Crippen LogP contribution is -2.47. The van der Waals surface area contributed by atoms with Crippen LogP contribution in [0.2, 0.25) is 0 Å². The molecule has 0 aromatic heterocycles. The number of likely N-dealkylation sites (tertiary alicyclic amines) is 1. The third-order valence-electron chi connectivity index (χ3n) is 5.72. The van der Waals surface area contributed by atoms with Crippen molar-refractivity contribution in [2.24, 2.45) is 5.92 Å². The Morgan fingerprint density at radius 2 is 1.96 bits per heavy atom. The van der Waals surface area contributed by atoms with E-state index in [9.17, 15) is 9.18 Å². The summed E-state index contributed by atoms with van der Waals surface area (Å²) >= 11 is 0. The zero-order valence-corrected chi connectivity index (χ0v) is 17.4. The first-order valence-electron chi connectivity index (χ1n) is 10.5. The van der Waals surface area contributed by atoms with Gasteiger partial charge in [0.1, 0.15) is 5.82 Å². The lowest BCUT2D eigenvalue weighted by molar-refractivity contribution is -0.132. The van der Waals surface area contributed by atoms with E-state index >= 15 is 0 Å². The number of amides is 1. The molecule has 0 bridgehead atoms. The largest absolute Gasteiger partial charge is 0.370 e. The van der Waals surface area contributed by atoms with Gasteiger partial charge in [-0.05, 0) is 56.6 Å². The second kappa shape index (κ2) is 9.81. The molecule has 1 unspecified atom stereocenters. The fraction of sp³-hybridized carbons (Fsp3) is 0.682. The number of carbonyl (C=O) groups excluding carboxylic acids is 1. The zero-order chi connectivity index (χ0) is 20.1. The highest BCUT2D eigenvalue weighted by atomic mass is 19.1. The number of halogens is 1. The normalized spacial score (nSPS) is 23.4. The standard InChI is InChI=1S/C22H34FN3O2/c1-17(2)12-26-14-21(28-16-18-5-4-6-19(23)11-18)13-25(15-22(26)27)20-7-9-24(3)10-8-20/h4-6,11,17,20-21H,7-10,12-16H2,1-3H3. The minimum absolute atomic E-state index is 0.0619. The molecule has 6 heteroatoms. The molecule has 0 aliphatic carbocycles. The molecule has 1 amide bonds. The Morgan fingerprint density at radius 1 is 1.21 bits per heavy atom. The van der Waals surface area contributed by atoms with Crippen molar-refractivity contribution in [2.75, 3.05) is 46.3 Å². The molecule has 156 valence electrons. The number of benzene rings is 1. The van der Waals surface area contributed by atoms with E-state index in [1.54, 1.807) is 6.07 Å². The van der Waals surface area contributed by atoms with Gasteiger partial charge in [-0.1, -0.05) is 26.0 Å². The Kier molecular flexibility index (Phi) is 7.43. The van der Waals surface area contributed by atoms with Gasteiger partial charge < -0.3 is 14.5 Å². The van der Waals surface area contributed by atoms with Crippen molar-refractivity contribution in [2.45, 2.75) is 45.4 Å². The maximum Gasteiger partial charge on any atom is 0.236 e. The lowest BCUT2D eigenvalue weighted by atomic mass is 10.0. The van der Waals surface area contributed by atoms with Crippen LogP contribution in [-0.2, 0) is 16.1 Å². The van der Waals surface area contributed by atoms with Gasteiger partial charge >= 0.3 is 0 Å². The summed E-state index contributed by atoms with van der Waals surface area (Å²) in [7, 11) is 2.15. The summed E-state index contributed by atoms with van der Waals surface area (Å²) in [6.07, 6.45) is 2.11. The van der Waals surface area contributed by atoms with Crippen LogP contribution in [0.15, 0.2) is 24.3 Å².